The van der Waals surface area contributed by atoms with Gasteiger partial charge in [-0.3, -0.25) is 0 Å². The van der Waals surface area contributed by atoms with Gasteiger partial charge in [0.05, 0.1) is 0 Å². The highest BCUT2D eigenvalue weighted by Gasteiger charge is 2.40. The predicted octanol–water partition coefficient (Wildman–Crippen LogP) is 2.73. The maximum atomic E-state index is 3.88. The summed E-state index contributed by atoms with van der Waals surface area (Å²) in [4.78, 5) is 0. The summed E-state index contributed by atoms with van der Waals surface area (Å²) in [5.41, 5.74) is 1.92. The Balaban J connectivity index is 2.09. The molecule has 1 aliphatic carbocycles. The highest BCUT2D eigenvalue weighted by molar-refractivity contribution is 4.97. The lowest BCUT2D eigenvalue weighted by Crippen LogP contribution is -2.25. The molecule has 1 nitrogen and oxygen atoms in total. The Morgan fingerprint density at radius 1 is 1.50 bits per heavy atom. The molecule has 0 aromatic heterocycles. The van der Waals surface area contributed by atoms with Gasteiger partial charge in [0.1, 0.15) is 0 Å². The fourth-order valence-corrected chi connectivity index (χ4v) is 1.76. The fraction of sp³-hybridized carbons (Fsp3) is 0.818. The highest BCUT2D eigenvalue weighted by atomic mass is 14.9. The van der Waals surface area contributed by atoms with Gasteiger partial charge in [0.25, 0.3) is 0 Å². The van der Waals surface area contributed by atoms with Crippen molar-refractivity contribution in [1.29, 1.82) is 0 Å². The van der Waals surface area contributed by atoms with Gasteiger partial charge in [0, 0.05) is 13.1 Å². The Hall–Kier alpha value is -0.300. The minimum Gasteiger partial charge on any atom is -0.312 e. The van der Waals surface area contributed by atoms with Gasteiger partial charge < -0.3 is 5.32 Å². The van der Waals surface area contributed by atoms with Crippen LogP contribution in [0.15, 0.2) is 12.2 Å². The van der Waals surface area contributed by atoms with Crippen LogP contribution >= 0.6 is 0 Å². The SMILES string of the molecule is C=C(C)CNCC1(CCC)CC1. The molecule has 1 saturated carbocycles. The molecule has 0 saturated heterocycles. The summed E-state index contributed by atoms with van der Waals surface area (Å²) in [5, 5.41) is 3.47. The van der Waals surface area contributed by atoms with Crippen LogP contribution in [0.2, 0.25) is 0 Å². The third kappa shape index (κ3) is 2.98. The molecule has 0 unspecified atom stereocenters. The van der Waals surface area contributed by atoms with Gasteiger partial charge in [-0.2, -0.15) is 0 Å². The fourth-order valence-electron chi connectivity index (χ4n) is 1.76. The standard InChI is InChI=1S/C11H21N/c1-4-5-11(6-7-11)9-12-8-10(2)3/h12H,2,4-9H2,1,3H3. The molecule has 1 heteroatoms. The topological polar surface area (TPSA) is 12.0 Å². The summed E-state index contributed by atoms with van der Waals surface area (Å²) in [5.74, 6) is 0. The molecule has 0 spiro atoms. The van der Waals surface area contributed by atoms with Crippen LogP contribution in [-0.4, -0.2) is 13.1 Å². The lowest BCUT2D eigenvalue weighted by molar-refractivity contribution is 0.429. The van der Waals surface area contributed by atoms with E-state index < -0.39 is 0 Å². The van der Waals surface area contributed by atoms with Gasteiger partial charge in [-0.05, 0) is 31.6 Å². The van der Waals surface area contributed by atoms with E-state index in [2.05, 4.69) is 25.7 Å². The van der Waals surface area contributed by atoms with Gasteiger partial charge in [-0.15, -0.1) is 0 Å². The first kappa shape index (κ1) is 9.79. The summed E-state index contributed by atoms with van der Waals surface area (Å²) >= 11 is 0. The molecule has 0 aliphatic heterocycles. The van der Waals surface area contributed by atoms with Crippen molar-refractivity contribution in [2.75, 3.05) is 13.1 Å². The van der Waals surface area contributed by atoms with Gasteiger partial charge in [-0.25, -0.2) is 0 Å². The van der Waals surface area contributed by atoms with E-state index in [0.29, 0.717) is 5.41 Å². The zero-order valence-corrected chi connectivity index (χ0v) is 8.45. The smallest absolute Gasteiger partial charge is 0.0159 e. The molecule has 1 fully saturated rings. The lowest BCUT2D eigenvalue weighted by atomic mass is 10.0. The molecule has 1 aliphatic rings. The zero-order chi connectivity index (χ0) is 9.03. The molecule has 0 atom stereocenters. The zero-order valence-electron chi connectivity index (χ0n) is 8.45. The molecule has 1 N–H and O–H groups in total. The minimum atomic E-state index is 0.685. The Labute approximate surface area is 76.2 Å². The van der Waals surface area contributed by atoms with Gasteiger partial charge in [-0.1, -0.05) is 25.5 Å². The van der Waals surface area contributed by atoms with Crippen molar-refractivity contribution in [1.82, 2.24) is 5.32 Å². The van der Waals surface area contributed by atoms with Crippen LogP contribution in [0.3, 0.4) is 0 Å². The average Bonchev–Trinajstić information content (AvgIpc) is 2.69. The quantitative estimate of drug-likeness (QED) is 0.600. The number of hydrogen-bond donors (Lipinski definition) is 1. The van der Waals surface area contributed by atoms with Crippen molar-refractivity contribution in [3.8, 4) is 0 Å². The van der Waals surface area contributed by atoms with Crippen molar-refractivity contribution in [3.63, 3.8) is 0 Å². The van der Waals surface area contributed by atoms with Crippen LogP contribution in [0.4, 0.5) is 0 Å². The number of hydrogen-bond acceptors (Lipinski definition) is 1. The molecule has 70 valence electrons. The van der Waals surface area contributed by atoms with Crippen molar-refractivity contribution < 1.29 is 0 Å². The molecule has 0 aromatic carbocycles. The molecule has 0 radical (unpaired) electrons. The summed E-state index contributed by atoms with van der Waals surface area (Å²) in [6, 6.07) is 0. The summed E-state index contributed by atoms with van der Waals surface area (Å²) < 4.78 is 0. The van der Waals surface area contributed by atoms with Crippen LogP contribution in [-0.2, 0) is 0 Å². The van der Waals surface area contributed by atoms with E-state index in [0.717, 1.165) is 6.54 Å². The van der Waals surface area contributed by atoms with E-state index >= 15 is 0 Å². The molecular weight excluding hydrogens is 146 g/mol. The molecule has 0 aromatic rings. The maximum Gasteiger partial charge on any atom is 0.0159 e. The second kappa shape index (κ2) is 4.08. The molecule has 0 bridgehead atoms. The van der Waals surface area contributed by atoms with Gasteiger partial charge in [0.2, 0.25) is 0 Å². The van der Waals surface area contributed by atoms with E-state index in [9.17, 15) is 0 Å². The molecule has 12 heavy (non-hydrogen) atoms. The molecule has 0 amide bonds. The van der Waals surface area contributed by atoms with E-state index in [-0.39, 0.29) is 0 Å². The van der Waals surface area contributed by atoms with Crippen molar-refractivity contribution >= 4 is 0 Å². The molecular formula is C11H21N. The number of nitrogens with one attached hydrogen (secondary N) is 1. The third-order valence-corrected chi connectivity index (χ3v) is 2.66. The maximum absolute atomic E-state index is 3.88. The minimum absolute atomic E-state index is 0.685. The first-order chi connectivity index (χ1) is 5.68. The largest absolute Gasteiger partial charge is 0.312 e. The van der Waals surface area contributed by atoms with E-state index in [1.54, 1.807) is 0 Å². The van der Waals surface area contributed by atoms with E-state index in [4.69, 9.17) is 0 Å². The highest BCUT2D eigenvalue weighted by Crippen LogP contribution is 2.48. The first-order valence-electron chi connectivity index (χ1n) is 5.04. The lowest BCUT2D eigenvalue weighted by Gasteiger charge is -2.14. The Kier molecular flexibility index (Phi) is 3.33. The monoisotopic (exact) mass is 167 g/mol. The Morgan fingerprint density at radius 3 is 2.58 bits per heavy atom. The van der Waals surface area contributed by atoms with Crippen molar-refractivity contribution in [3.05, 3.63) is 12.2 Å². The second-order valence-corrected chi connectivity index (χ2v) is 4.31. The van der Waals surface area contributed by atoms with E-state index in [1.807, 2.05) is 0 Å². The number of rotatable bonds is 6. The Morgan fingerprint density at radius 2 is 2.17 bits per heavy atom. The molecule has 1 rings (SSSR count). The predicted molar refractivity (Wildman–Crippen MR) is 54.3 cm³/mol. The van der Waals surface area contributed by atoms with Crippen LogP contribution in [0, 0.1) is 5.41 Å². The van der Waals surface area contributed by atoms with Gasteiger partial charge >= 0.3 is 0 Å². The molecule has 0 heterocycles. The van der Waals surface area contributed by atoms with Crippen molar-refractivity contribution in [2.45, 2.75) is 39.5 Å². The first-order valence-corrected chi connectivity index (χ1v) is 5.04. The van der Waals surface area contributed by atoms with Crippen LogP contribution in [0.25, 0.3) is 0 Å². The summed E-state index contributed by atoms with van der Waals surface area (Å²) in [6.45, 7) is 10.4. The normalized spacial score (nSPS) is 19.2. The van der Waals surface area contributed by atoms with E-state index in [1.165, 1.54) is 37.8 Å². The summed E-state index contributed by atoms with van der Waals surface area (Å²) in [6.07, 6.45) is 5.60. The van der Waals surface area contributed by atoms with Crippen LogP contribution < -0.4 is 5.32 Å². The second-order valence-electron chi connectivity index (χ2n) is 4.31. The Bertz CT molecular complexity index is 156. The summed E-state index contributed by atoms with van der Waals surface area (Å²) in [7, 11) is 0. The van der Waals surface area contributed by atoms with Crippen LogP contribution in [0.5, 0.6) is 0 Å². The van der Waals surface area contributed by atoms with Crippen LogP contribution in [0.1, 0.15) is 39.5 Å². The average molecular weight is 167 g/mol. The third-order valence-electron chi connectivity index (χ3n) is 2.66. The van der Waals surface area contributed by atoms with Crippen molar-refractivity contribution in [2.24, 2.45) is 5.41 Å². The van der Waals surface area contributed by atoms with Gasteiger partial charge in [0.15, 0.2) is 0 Å².